The van der Waals surface area contributed by atoms with Crippen LogP contribution in [0.5, 0.6) is 0 Å². The minimum Gasteiger partial charge on any atom is -0.378 e. The quantitative estimate of drug-likeness (QED) is 0.462. The highest BCUT2D eigenvalue weighted by atomic mass is 16.5. The van der Waals surface area contributed by atoms with Gasteiger partial charge in [0.1, 0.15) is 5.65 Å². The number of aromatic nitrogens is 2. The van der Waals surface area contributed by atoms with Gasteiger partial charge in [-0.25, -0.2) is 4.98 Å². The number of ether oxygens (including phenoxy) is 1. The Morgan fingerprint density at radius 1 is 0.852 bits per heavy atom. The molecule has 0 radical (unpaired) electrons. The van der Waals surface area contributed by atoms with Gasteiger partial charge in [-0.2, -0.15) is 0 Å². The average molecular weight is 355 g/mol. The fraction of sp³-hybridized carbons (Fsp3) is 0.182. The number of fused-ring (bicyclic) bond motifs is 4. The molecule has 0 aliphatic carbocycles. The summed E-state index contributed by atoms with van der Waals surface area (Å²) in [5.74, 6) is 0. The van der Waals surface area contributed by atoms with Crippen molar-refractivity contribution in [2.45, 2.75) is 0 Å². The molecule has 2 aromatic heterocycles. The number of anilines is 1. The van der Waals surface area contributed by atoms with Crippen molar-refractivity contribution in [1.29, 1.82) is 0 Å². The van der Waals surface area contributed by atoms with E-state index >= 15 is 0 Å². The molecule has 6 rings (SSSR count). The van der Waals surface area contributed by atoms with E-state index in [2.05, 4.69) is 29.2 Å². The van der Waals surface area contributed by atoms with Crippen molar-refractivity contribution in [3.8, 4) is 0 Å². The van der Waals surface area contributed by atoms with E-state index in [0.29, 0.717) is 0 Å². The van der Waals surface area contributed by atoms with Gasteiger partial charge < -0.3 is 9.64 Å². The van der Waals surface area contributed by atoms with E-state index in [9.17, 15) is 4.79 Å². The van der Waals surface area contributed by atoms with Crippen molar-refractivity contribution in [2.24, 2.45) is 0 Å². The second kappa shape index (κ2) is 5.41. The SMILES string of the molecule is O=c1c2ccc(N3CCOCC3)c3cccc(c32)c2nc3ccccc3n12. The molecule has 132 valence electrons. The number of nitrogens with zero attached hydrogens (tertiary/aromatic N) is 3. The van der Waals surface area contributed by atoms with Gasteiger partial charge in [-0.15, -0.1) is 0 Å². The maximum Gasteiger partial charge on any atom is 0.264 e. The van der Waals surface area contributed by atoms with Crippen LogP contribution in [0, 0.1) is 0 Å². The molecule has 5 aromatic rings. The zero-order chi connectivity index (χ0) is 18.0. The van der Waals surface area contributed by atoms with E-state index in [4.69, 9.17) is 9.72 Å². The normalized spacial score (nSPS) is 15.5. The number of imidazole rings is 1. The van der Waals surface area contributed by atoms with Gasteiger partial charge in [0.15, 0.2) is 0 Å². The first-order chi connectivity index (χ1) is 13.3. The molecule has 1 aliphatic heterocycles. The van der Waals surface area contributed by atoms with E-state index in [1.807, 2.05) is 30.3 Å². The second-order valence-electron chi connectivity index (χ2n) is 7.02. The zero-order valence-corrected chi connectivity index (χ0v) is 14.7. The van der Waals surface area contributed by atoms with Crippen molar-refractivity contribution >= 4 is 43.9 Å². The molecule has 0 saturated carbocycles. The highest BCUT2D eigenvalue weighted by Gasteiger charge is 2.20. The Hall–Kier alpha value is -3.18. The van der Waals surface area contributed by atoms with Gasteiger partial charge in [0, 0.05) is 40.3 Å². The highest BCUT2D eigenvalue weighted by molar-refractivity contribution is 6.18. The summed E-state index contributed by atoms with van der Waals surface area (Å²) in [5, 5.41) is 3.88. The summed E-state index contributed by atoms with van der Waals surface area (Å²) >= 11 is 0. The first kappa shape index (κ1) is 14.9. The summed E-state index contributed by atoms with van der Waals surface area (Å²) in [5.41, 5.74) is 3.60. The maximum atomic E-state index is 13.3. The number of hydrogen-bond acceptors (Lipinski definition) is 4. The molecule has 27 heavy (non-hydrogen) atoms. The second-order valence-corrected chi connectivity index (χ2v) is 7.02. The lowest BCUT2D eigenvalue weighted by molar-refractivity contribution is 0.123. The van der Waals surface area contributed by atoms with Gasteiger partial charge in [0.2, 0.25) is 0 Å². The summed E-state index contributed by atoms with van der Waals surface area (Å²) in [6.07, 6.45) is 0. The minimum atomic E-state index is -0.00377. The third-order valence-corrected chi connectivity index (χ3v) is 5.60. The van der Waals surface area contributed by atoms with E-state index in [1.165, 1.54) is 0 Å². The molecule has 0 spiro atoms. The Morgan fingerprint density at radius 3 is 2.56 bits per heavy atom. The number of hydrogen-bond donors (Lipinski definition) is 0. The van der Waals surface area contributed by atoms with E-state index in [1.54, 1.807) is 4.40 Å². The summed E-state index contributed by atoms with van der Waals surface area (Å²) in [7, 11) is 0. The predicted molar refractivity (Wildman–Crippen MR) is 108 cm³/mol. The summed E-state index contributed by atoms with van der Waals surface area (Å²) in [4.78, 5) is 20.5. The largest absolute Gasteiger partial charge is 0.378 e. The Balaban J connectivity index is 1.79. The van der Waals surface area contributed by atoms with Gasteiger partial charge in [-0.05, 0) is 24.3 Å². The van der Waals surface area contributed by atoms with Gasteiger partial charge in [0.05, 0.1) is 24.2 Å². The molecule has 3 heterocycles. The molecular weight excluding hydrogens is 338 g/mol. The van der Waals surface area contributed by atoms with Crippen LogP contribution in [0.3, 0.4) is 0 Å². The van der Waals surface area contributed by atoms with Crippen LogP contribution in [-0.2, 0) is 4.74 Å². The lowest BCUT2D eigenvalue weighted by atomic mass is 10.00. The number of pyridine rings is 1. The number of morpholine rings is 1. The molecule has 3 aromatic carbocycles. The molecule has 1 saturated heterocycles. The number of rotatable bonds is 1. The van der Waals surface area contributed by atoms with E-state index in [-0.39, 0.29) is 5.56 Å². The first-order valence-corrected chi connectivity index (χ1v) is 9.24. The minimum absolute atomic E-state index is 0.00377. The van der Waals surface area contributed by atoms with Gasteiger partial charge in [-0.1, -0.05) is 30.3 Å². The van der Waals surface area contributed by atoms with Crippen LogP contribution in [0.15, 0.2) is 59.4 Å². The molecule has 5 nitrogen and oxygen atoms in total. The molecule has 0 bridgehead atoms. The smallest absolute Gasteiger partial charge is 0.264 e. The third kappa shape index (κ3) is 1.97. The van der Waals surface area contributed by atoms with Crippen molar-refractivity contribution in [1.82, 2.24) is 9.38 Å². The average Bonchev–Trinajstić information content (AvgIpc) is 3.12. The Morgan fingerprint density at radius 2 is 1.67 bits per heavy atom. The molecule has 0 unspecified atom stereocenters. The van der Waals surface area contributed by atoms with Crippen molar-refractivity contribution in [3.05, 3.63) is 65.0 Å². The maximum absolute atomic E-state index is 13.3. The molecule has 1 fully saturated rings. The van der Waals surface area contributed by atoms with Crippen LogP contribution < -0.4 is 10.5 Å². The van der Waals surface area contributed by atoms with Gasteiger partial charge >= 0.3 is 0 Å². The predicted octanol–water partition coefficient (Wildman–Crippen LogP) is 3.43. The van der Waals surface area contributed by atoms with Gasteiger partial charge in [-0.3, -0.25) is 9.20 Å². The highest BCUT2D eigenvalue weighted by Crippen LogP contribution is 2.35. The molecule has 5 heteroatoms. The molecular formula is C22H17N3O2. The molecule has 0 N–H and O–H groups in total. The Kier molecular flexibility index (Phi) is 2.99. The summed E-state index contributed by atoms with van der Waals surface area (Å²) in [6, 6.07) is 18.1. The Bertz CT molecular complexity index is 1380. The van der Waals surface area contributed by atoms with Crippen LogP contribution in [0.2, 0.25) is 0 Å². The van der Waals surface area contributed by atoms with E-state index < -0.39 is 0 Å². The standard InChI is InChI=1S/C22H17N3O2/c26-22-16-8-9-18(24-10-12-27-13-11-24)14-4-3-5-15(20(14)16)21-23-17-6-1-2-7-19(17)25(21)22/h1-9H,10-13H2. The summed E-state index contributed by atoms with van der Waals surface area (Å²) in [6.45, 7) is 3.20. The first-order valence-electron chi connectivity index (χ1n) is 9.24. The summed E-state index contributed by atoms with van der Waals surface area (Å²) < 4.78 is 7.25. The molecule has 0 amide bonds. The van der Waals surface area contributed by atoms with Crippen LogP contribution >= 0.6 is 0 Å². The number of para-hydroxylation sites is 2. The fourth-order valence-electron chi connectivity index (χ4n) is 4.37. The van der Waals surface area contributed by atoms with Crippen LogP contribution in [-0.4, -0.2) is 35.7 Å². The lowest BCUT2D eigenvalue weighted by Gasteiger charge is -2.30. The van der Waals surface area contributed by atoms with Crippen molar-refractivity contribution in [3.63, 3.8) is 0 Å². The molecule has 1 aliphatic rings. The fourth-order valence-corrected chi connectivity index (χ4v) is 4.37. The van der Waals surface area contributed by atoms with Gasteiger partial charge in [0.25, 0.3) is 5.56 Å². The van der Waals surface area contributed by atoms with Crippen LogP contribution in [0.1, 0.15) is 0 Å². The topological polar surface area (TPSA) is 46.8 Å². The van der Waals surface area contributed by atoms with E-state index in [0.717, 1.165) is 70.2 Å². The number of benzene rings is 3. The van der Waals surface area contributed by atoms with Crippen molar-refractivity contribution < 1.29 is 4.74 Å². The van der Waals surface area contributed by atoms with Crippen LogP contribution in [0.4, 0.5) is 5.69 Å². The zero-order valence-electron chi connectivity index (χ0n) is 14.7. The lowest BCUT2D eigenvalue weighted by Crippen LogP contribution is -2.36. The van der Waals surface area contributed by atoms with Crippen molar-refractivity contribution in [2.75, 3.05) is 31.2 Å². The Labute approximate surface area is 154 Å². The monoisotopic (exact) mass is 355 g/mol. The third-order valence-electron chi connectivity index (χ3n) is 5.60. The van der Waals surface area contributed by atoms with Crippen LogP contribution in [0.25, 0.3) is 38.2 Å². The molecule has 0 atom stereocenters.